The van der Waals surface area contributed by atoms with E-state index in [2.05, 4.69) is 10.6 Å². The Morgan fingerprint density at radius 2 is 1.82 bits per heavy atom. The van der Waals surface area contributed by atoms with Gasteiger partial charge in [0.15, 0.2) is 5.11 Å². The number of urea groups is 1. The number of carbonyl (C=O) groups excluding carboxylic acids is 1. The fourth-order valence-corrected chi connectivity index (χ4v) is 2.87. The molecule has 2 amide bonds. The van der Waals surface area contributed by atoms with E-state index in [0.29, 0.717) is 11.7 Å². The third-order valence-corrected chi connectivity index (χ3v) is 4.16. The summed E-state index contributed by atoms with van der Waals surface area (Å²) in [6, 6.07) is 13.7. The van der Waals surface area contributed by atoms with Crippen molar-refractivity contribution in [1.82, 2.24) is 15.3 Å². The van der Waals surface area contributed by atoms with Gasteiger partial charge in [-0.15, -0.1) is 0 Å². The van der Waals surface area contributed by atoms with E-state index < -0.39 is 0 Å². The molecule has 2 aromatic carbocycles. The molecule has 0 aliphatic carbocycles. The Balaban J connectivity index is 1.83. The SMILES string of the molecule is CNC(=S)N1CCCN1C(=O)Nc1cccc2ccccc12. The lowest BCUT2D eigenvalue weighted by molar-refractivity contribution is 0.136. The minimum Gasteiger partial charge on any atom is -0.364 e. The van der Waals surface area contributed by atoms with Gasteiger partial charge in [-0.25, -0.2) is 9.80 Å². The summed E-state index contributed by atoms with van der Waals surface area (Å²) >= 11 is 5.25. The van der Waals surface area contributed by atoms with Crippen molar-refractivity contribution >= 4 is 39.8 Å². The zero-order valence-electron chi connectivity index (χ0n) is 12.4. The molecule has 0 radical (unpaired) electrons. The van der Waals surface area contributed by atoms with Gasteiger partial charge < -0.3 is 10.6 Å². The Labute approximate surface area is 134 Å². The number of carbonyl (C=O) groups is 1. The van der Waals surface area contributed by atoms with Gasteiger partial charge >= 0.3 is 6.03 Å². The van der Waals surface area contributed by atoms with Gasteiger partial charge in [0.1, 0.15) is 0 Å². The van der Waals surface area contributed by atoms with E-state index in [-0.39, 0.29) is 6.03 Å². The van der Waals surface area contributed by atoms with Gasteiger partial charge in [0.2, 0.25) is 0 Å². The summed E-state index contributed by atoms with van der Waals surface area (Å²) < 4.78 is 0. The maximum atomic E-state index is 12.6. The molecule has 1 saturated heterocycles. The topological polar surface area (TPSA) is 47.6 Å². The van der Waals surface area contributed by atoms with Gasteiger partial charge in [0.05, 0.1) is 5.69 Å². The number of hydrazine groups is 1. The molecule has 0 unspecified atom stereocenters. The Bertz CT molecular complexity index is 713. The van der Waals surface area contributed by atoms with E-state index in [1.165, 1.54) is 0 Å². The lowest BCUT2D eigenvalue weighted by atomic mass is 10.1. The Kier molecular flexibility index (Phi) is 4.11. The van der Waals surface area contributed by atoms with E-state index in [1.54, 1.807) is 17.1 Å². The molecule has 5 nitrogen and oxygen atoms in total. The van der Waals surface area contributed by atoms with Crippen molar-refractivity contribution in [3.63, 3.8) is 0 Å². The second-order valence-electron chi connectivity index (χ2n) is 5.11. The minimum absolute atomic E-state index is 0.161. The second kappa shape index (κ2) is 6.19. The van der Waals surface area contributed by atoms with Gasteiger partial charge in [-0.1, -0.05) is 36.4 Å². The van der Waals surface area contributed by atoms with Crippen molar-refractivity contribution in [2.24, 2.45) is 0 Å². The second-order valence-corrected chi connectivity index (χ2v) is 5.50. The number of hydrogen-bond acceptors (Lipinski definition) is 2. The number of hydrogen-bond donors (Lipinski definition) is 2. The summed E-state index contributed by atoms with van der Waals surface area (Å²) in [5.74, 6) is 0. The number of benzene rings is 2. The predicted octanol–water partition coefficient (Wildman–Crippen LogP) is 2.80. The number of rotatable bonds is 1. The summed E-state index contributed by atoms with van der Waals surface area (Å²) in [6.45, 7) is 1.42. The van der Waals surface area contributed by atoms with Crippen molar-refractivity contribution < 1.29 is 4.79 Å². The smallest absolute Gasteiger partial charge is 0.340 e. The highest BCUT2D eigenvalue weighted by Gasteiger charge is 2.28. The van der Waals surface area contributed by atoms with Crippen molar-refractivity contribution in [2.75, 3.05) is 25.5 Å². The molecule has 0 aromatic heterocycles. The molecule has 22 heavy (non-hydrogen) atoms. The summed E-state index contributed by atoms with van der Waals surface area (Å²) in [5.41, 5.74) is 0.810. The van der Waals surface area contributed by atoms with Crippen LogP contribution in [0.4, 0.5) is 10.5 Å². The molecule has 1 fully saturated rings. The van der Waals surface area contributed by atoms with E-state index in [4.69, 9.17) is 12.2 Å². The summed E-state index contributed by atoms with van der Waals surface area (Å²) in [4.78, 5) is 12.6. The van der Waals surface area contributed by atoms with Gasteiger partial charge in [0, 0.05) is 25.5 Å². The first kappa shape index (κ1) is 14.6. The van der Waals surface area contributed by atoms with Crippen LogP contribution >= 0.6 is 12.2 Å². The van der Waals surface area contributed by atoms with Gasteiger partial charge in [-0.05, 0) is 30.1 Å². The van der Waals surface area contributed by atoms with Crippen LogP contribution in [0.2, 0.25) is 0 Å². The zero-order valence-corrected chi connectivity index (χ0v) is 13.2. The van der Waals surface area contributed by atoms with Crippen LogP contribution in [0, 0.1) is 0 Å². The first-order valence-electron chi connectivity index (χ1n) is 7.26. The van der Waals surface area contributed by atoms with Crippen LogP contribution in [0.1, 0.15) is 6.42 Å². The predicted molar refractivity (Wildman–Crippen MR) is 92.7 cm³/mol. The molecular formula is C16H18N4OS. The number of amides is 2. The zero-order chi connectivity index (χ0) is 15.5. The maximum Gasteiger partial charge on any atom is 0.340 e. The molecule has 6 heteroatoms. The number of anilines is 1. The number of fused-ring (bicyclic) bond motifs is 1. The average Bonchev–Trinajstić information content (AvgIpc) is 3.04. The first-order chi connectivity index (χ1) is 10.7. The molecule has 0 spiro atoms. The number of thiocarbonyl (C=S) groups is 1. The summed E-state index contributed by atoms with van der Waals surface area (Å²) in [6.07, 6.45) is 0.908. The number of nitrogens with one attached hydrogen (secondary N) is 2. The van der Waals surface area contributed by atoms with E-state index in [1.807, 2.05) is 42.5 Å². The van der Waals surface area contributed by atoms with Crippen LogP contribution in [-0.4, -0.2) is 41.3 Å². The third-order valence-electron chi connectivity index (χ3n) is 3.75. The van der Waals surface area contributed by atoms with Gasteiger partial charge in [-0.3, -0.25) is 5.01 Å². The van der Waals surface area contributed by atoms with Crippen LogP contribution in [0.5, 0.6) is 0 Å². The fourth-order valence-electron chi connectivity index (χ4n) is 2.68. The molecule has 2 N–H and O–H groups in total. The van der Waals surface area contributed by atoms with E-state index in [9.17, 15) is 4.79 Å². The first-order valence-corrected chi connectivity index (χ1v) is 7.67. The van der Waals surface area contributed by atoms with Crippen LogP contribution in [-0.2, 0) is 0 Å². The summed E-state index contributed by atoms with van der Waals surface area (Å²) in [7, 11) is 1.77. The Morgan fingerprint density at radius 1 is 1.09 bits per heavy atom. The monoisotopic (exact) mass is 314 g/mol. The lowest BCUT2D eigenvalue weighted by Crippen LogP contribution is -2.49. The van der Waals surface area contributed by atoms with Crippen molar-refractivity contribution in [2.45, 2.75) is 6.42 Å². The molecule has 0 atom stereocenters. The van der Waals surface area contributed by atoms with Crippen LogP contribution in [0.25, 0.3) is 10.8 Å². The van der Waals surface area contributed by atoms with Crippen molar-refractivity contribution in [3.05, 3.63) is 42.5 Å². The normalized spacial score (nSPS) is 14.2. The highest BCUT2D eigenvalue weighted by Crippen LogP contribution is 2.24. The van der Waals surface area contributed by atoms with Gasteiger partial charge in [-0.2, -0.15) is 0 Å². The molecule has 1 aliphatic heterocycles. The molecule has 0 saturated carbocycles. The lowest BCUT2D eigenvalue weighted by Gasteiger charge is -2.29. The largest absolute Gasteiger partial charge is 0.364 e. The van der Waals surface area contributed by atoms with Crippen LogP contribution < -0.4 is 10.6 Å². The molecule has 1 aliphatic rings. The highest BCUT2D eigenvalue weighted by atomic mass is 32.1. The Hall–Kier alpha value is -2.34. The van der Waals surface area contributed by atoms with Gasteiger partial charge in [0.25, 0.3) is 0 Å². The third kappa shape index (κ3) is 2.69. The van der Waals surface area contributed by atoms with E-state index in [0.717, 1.165) is 29.4 Å². The minimum atomic E-state index is -0.161. The highest BCUT2D eigenvalue weighted by molar-refractivity contribution is 7.80. The van der Waals surface area contributed by atoms with Crippen molar-refractivity contribution in [1.29, 1.82) is 0 Å². The Morgan fingerprint density at radius 3 is 2.64 bits per heavy atom. The standard InChI is InChI=1S/C16H18N4OS/c1-17-16(22)20-11-5-10-19(20)15(21)18-14-9-4-7-12-6-2-3-8-13(12)14/h2-4,6-9H,5,10-11H2,1H3,(H,17,22)(H,18,21). The quantitative estimate of drug-likeness (QED) is 0.795. The maximum absolute atomic E-state index is 12.6. The molecule has 0 bridgehead atoms. The van der Waals surface area contributed by atoms with Crippen LogP contribution in [0.15, 0.2) is 42.5 Å². The van der Waals surface area contributed by atoms with E-state index >= 15 is 0 Å². The molecular weight excluding hydrogens is 296 g/mol. The molecule has 114 valence electrons. The van der Waals surface area contributed by atoms with Crippen LogP contribution in [0.3, 0.4) is 0 Å². The molecule has 1 heterocycles. The molecule has 2 aromatic rings. The van der Waals surface area contributed by atoms with Crippen molar-refractivity contribution in [3.8, 4) is 0 Å². The fraction of sp³-hybridized carbons (Fsp3) is 0.250. The summed E-state index contributed by atoms with van der Waals surface area (Å²) in [5, 5.41) is 12.1. The average molecular weight is 314 g/mol. The molecule has 3 rings (SSSR count). The number of nitrogens with zero attached hydrogens (tertiary/aromatic N) is 2.